The molecule has 0 saturated heterocycles. The number of aryl methyl sites for hydroxylation is 1. The van der Waals surface area contributed by atoms with Crippen LogP contribution in [0.25, 0.3) is 22.2 Å². The summed E-state index contributed by atoms with van der Waals surface area (Å²) in [5, 5.41) is 3.69. The van der Waals surface area contributed by atoms with E-state index < -0.39 is 5.97 Å². The Balaban J connectivity index is 1.77. The summed E-state index contributed by atoms with van der Waals surface area (Å²) in [5.74, 6) is -0.0107. The largest absolute Gasteiger partial charge is 0.494 e. The van der Waals surface area contributed by atoms with Gasteiger partial charge in [-0.05, 0) is 55.8 Å². The minimum absolute atomic E-state index is 0.291. The van der Waals surface area contributed by atoms with Gasteiger partial charge in [-0.1, -0.05) is 36.4 Å². The molecule has 33 heavy (non-hydrogen) atoms. The minimum Gasteiger partial charge on any atom is -0.494 e. The molecular formula is C27H24N2O4. The molecule has 1 aromatic heterocycles. The van der Waals surface area contributed by atoms with Crippen LogP contribution < -0.4 is 10.1 Å². The number of esters is 1. The number of nitrogens with zero attached hydrogens (tertiary/aromatic N) is 1. The van der Waals surface area contributed by atoms with Crippen LogP contribution in [0.1, 0.15) is 33.2 Å². The van der Waals surface area contributed by atoms with E-state index in [0.29, 0.717) is 34.6 Å². The molecule has 6 nitrogen and oxygen atoms in total. The summed E-state index contributed by atoms with van der Waals surface area (Å²) in [4.78, 5) is 30.1. The second kappa shape index (κ2) is 9.53. The lowest BCUT2D eigenvalue weighted by Gasteiger charge is -2.13. The van der Waals surface area contributed by atoms with Gasteiger partial charge in [-0.15, -0.1) is 0 Å². The van der Waals surface area contributed by atoms with E-state index in [1.54, 1.807) is 24.3 Å². The Bertz CT molecular complexity index is 1350. The topological polar surface area (TPSA) is 77.5 Å². The van der Waals surface area contributed by atoms with E-state index in [2.05, 4.69) is 5.32 Å². The monoisotopic (exact) mass is 440 g/mol. The molecule has 0 atom stereocenters. The fourth-order valence-electron chi connectivity index (χ4n) is 3.61. The zero-order chi connectivity index (χ0) is 23.4. The van der Waals surface area contributed by atoms with Gasteiger partial charge in [0.1, 0.15) is 5.75 Å². The molecule has 0 aliphatic carbocycles. The molecule has 0 bridgehead atoms. The zero-order valence-corrected chi connectivity index (χ0v) is 18.7. The van der Waals surface area contributed by atoms with Crippen molar-refractivity contribution in [3.8, 4) is 17.0 Å². The van der Waals surface area contributed by atoms with Crippen molar-refractivity contribution in [2.45, 2.75) is 13.8 Å². The lowest BCUT2D eigenvalue weighted by atomic mass is 10.0. The summed E-state index contributed by atoms with van der Waals surface area (Å²) < 4.78 is 10.4. The molecule has 0 aliphatic rings. The van der Waals surface area contributed by atoms with Gasteiger partial charge in [0.15, 0.2) is 0 Å². The van der Waals surface area contributed by atoms with Gasteiger partial charge in [-0.2, -0.15) is 0 Å². The fraction of sp³-hybridized carbons (Fsp3) is 0.148. The first-order chi connectivity index (χ1) is 16.0. The highest BCUT2D eigenvalue weighted by Gasteiger charge is 2.16. The van der Waals surface area contributed by atoms with Gasteiger partial charge in [0.2, 0.25) is 0 Å². The number of fused-ring (bicyclic) bond motifs is 1. The van der Waals surface area contributed by atoms with Crippen LogP contribution in [0, 0.1) is 6.92 Å². The highest BCUT2D eigenvalue weighted by Crippen LogP contribution is 2.28. The molecule has 0 radical (unpaired) electrons. The summed E-state index contributed by atoms with van der Waals surface area (Å²) >= 11 is 0. The SMILES string of the molecule is CCOc1cccc(-c2cc(C(=O)Nc3cc(C(=O)OC)ccc3C)c3ccccc3n2)c1. The Morgan fingerprint density at radius 2 is 1.79 bits per heavy atom. The summed E-state index contributed by atoms with van der Waals surface area (Å²) in [6.07, 6.45) is 0. The summed E-state index contributed by atoms with van der Waals surface area (Å²) in [6, 6.07) is 22.0. The number of rotatable bonds is 6. The van der Waals surface area contributed by atoms with Gasteiger partial charge < -0.3 is 14.8 Å². The molecule has 0 unspecified atom stereocenters. The third-order valence-electron chi connectivity index (χ3n) is 5.31. The van der Waals surface area contributed by atoms with E-state index in [4.69, 9.17) is 14.5 Å². The standard InChI is InChI=1S/C27H24N2O4/c1-4-33-20-9-7-8-18(14-20)25-16-22(21-10-5-6-11-23(21)28-25)26(30)29-24-15-19(27(31)32-3)13-12-17(24)2/h5-16H,4H2,1-3H3,(H,29,30). The van der Waals surface area contributed by atoms with Crippen LogP contribution in [-0.4, -0.2) is 30.6 Å². The lowest BCUT2D eigenvalue weighted by Crippen LogP contribution is -2.15. The quantitative estimate of drug-likeness (QED) is 0.392. The molecule has 0 saturated carbocycles. The van der Waals surface area contributed by atoms with Crippen LogP contribution in [0.3, 0.4) is 0 Å². The smallest absolute Gasteiger partial charge is 0.337 e. The van der Waals surface area contributed by atoms with E-state index in [9.17, 15) is 9.59 Å². The van der Waals surface area contributed by atoms with Crippen LogP contribution in [-0.2, 0) is 4.74 Å². The Labute approximate surface area is 192 Å². The number of nitrogens with one attached hydrogen (secondary N) is 1. The third kappa shape index (κ3) is 4.70. The second-order valence-electron chi connectivity index (χ2n) is 7.51. The van der Waals surface area contributed by atoms with Crippen molar-refractivity contribution in [2.24, 2.45) is 0 Å². The highest BCUT2D eigenvalue weighted by molar-refractivity contribution is 6.13. The van der Waals surface area contributed by atoms with Gasteiger partial charge in [-0.3, -0.25) is 4.79 Å². The number of aromatic nitrogens is 1. The molecule has 3 aromatic carbocycles. The van der Waals surface area contributed by atoms with Crippen molar-refractivity contribution in [1.82, 2.24) is 4.98 Å². The van der Waals surface area contributed by atoms with Crippen LogP contribution in [0.2, 0.25) is 0 Å². The van der Waals surface area contributed by atoms with Crippen LogP contribution in [0.5, 0.6) is 5.75 Å². The number of anilines is 1. The van der Waals surface area contributed by atoms with E-state index in [0.717, 1.165) is 22.3 Å². The number of ether oxygens (including phenoxy) is 2. The Morgan fingerprint density at radius 1 is 0.970 bits per heavy atom. The normalized spacial score (nSPS) is 10.6. The predicted octanol–water partition coefficient (Wildman–Crippen LogP) is 5.65. The van der Waals surface area contributed by atoms with Crippen LogP contribution in [0.4, 0.5) is 5.69 Å². The van der Waals surface area contributed by atoms with Crippen molar-refractivity contribution >= 4 is 28.5 Å². The molecular weight excluding hydrogens is 416 g/mol. The zero-order valence-electron chi connectivity index (χ0n) is 18.7. The van der Waals surface area contributed by atoms with Gasteiger partial charge in [0, 0.05) is 16.6 Å². The number of pyridine rings is 1. The molecule has 1 amide bonds. The van der Waals surface area contributed by atoms with E-state index in [1.165, 1.54) is 7.11 Å². The summed E-state index contributed by atoms with van der Waals surface area (Å²) in [6.45, 7) is 4.36. The Morgan fingerprint density at radius 3 is 2.58 bits per heavy atom. The predicted molar refractivity (Wildman–Crippen MR) is 129 cm³/mol. The number of hydrogen-bond donors (Lipinski definition) is 1. The van der Waals surface area contributed by atoms with Crippen molar-refractivity contribution in [3.63, 3.8) is 0 Å². The molecule has 0 spiro atoms. The van der Waals surface area contributed by atoms with E-state index >= 15 is 0 Å². The summed E-state index contributed by atoms with van der Waals surface area (Å²) in [7, 11) is 1.33. The molecule has 1 N–H and O–H groups in total. The second-order valence-corrected chi connectivity index (χ2v) is 7.51. The highest BCUT2D eigenvalue weighted by atomic mass is 16.5. The number of hydrogen-bond acceptors (Lipinski definition) is 5. The maximum absolute atomic E-state index is 13.4. The maximum atomic E-state index is 13.4. The van der Waals surface area contributed by atoms with Crippen molar-refractivity contribution in [3.05, 3.63) is 89.5 Å². The Kier molecular flexibility index (Phi) is 6.36. The van der Waals surface area contributed by atoms with Crippen molar-refractivity contribution < 1.29 is 19.1 Å². The van der Waals surface area contributed by atoms with Gasteiger partial charge in [0.25, 0.3) is 5.91 Å². The molecule has 6 heteroatoms. The van der Waals surface area contributed by atoms with Gasteiger partial charge >= 0.3 is 5.97 Å². The number of methoxy groups -OCH3 is 1. The molecule has 166 valence electrons. The van der Waals surface area contributed by atoms with Crippen molar-refractivity contribution in [1.29, 1.82) is 0 Å². The Hall–Kier alpha value is -4.19. The number of benzene rings is 3. The van der Waals surface area contributed by atoms with E-state index in [-0.39, 0.29) is 5.91 Å². The first-order valence-corrected chi connectivity index (χ1v) is 10.6. The number of para-hydroxylation sites is 1. The molecule has 0 fully saturated rings. The molecule has 1 heterocycles. The maximum Gasteiger partial charge on any atom is 0.337 e. The first kappa shape index (κ1) is 22.0. The molecule has 0 aliphatic heterocycles. The minimum atomic E-state index is -0.462. The van der Waals surface area contributed by atoms with Crippen molar-refractivity contribution in [2.75, 3.05) is 19.0 Å². The summed E-state index contributed by atoms with van der Waals surface area (Å²) in [5.41, 5.74) is 4.46. The van der Waals surface area contributed by atoms with Crippen LogP contribution >= 0.6 is 0 Å². The van der Waals surface area contributed by atoms with Crippen LogP contribution in [0.15, 0.2) is 72.8 Å². The first-order valence-electron chi connectivity index (χ1n) is 10.6. The number of carbonyl (C=O) groups is 2. The molecule has 4 aromatic rings. The third-order valence-corrected chi connectivity index (χ3v) is 5.31. The van der Waals surface area contributed by atoms with E-state index in [1.807, 2.05) is 62.4 Å². The van der Waals surface area contributed by atoms with Gasteiger partial charge in [-0.25, -0.2) is 9.78 Å². The fourth-order valence-corrected chi connectivity index (χ4v) is 3.61. The molecule has 4 rings (SSSR count). The average molecular weight is 440 g/mol. The lowest BCUT2D eigenvalue weighted by molar-refractivity contribution is 0.0600. The van der Waals surface area contributed by atoms with Gasteiger partial charge in [0.05, 0.1) is 36.1 Å². The number of amides is 1. The average Bonchev–Trinajstić information content (AvgIpc) is 2.84. The number of carbonyl (C=O) groups excluding carboxylic acids is 2.